The normalized spacial score (nSPS) is 13.6. The second-order valence-electron chi connectivity index (χ2n) is 4.79. The van der Waals surface area contributed by atoms with Crippen LogP contribution in [-0.4, -0.2) is 40.6 Å². The third-order valence-corrected chi connectivity index (χ3v) is 2.73. The lowest BCUT2D eigenvalue weighted by atomic mass is 9.96. The largest absolute Gasteiger partial charge is 0.480 e. The summed E-state index contributed by atoms with van der Waals surface area (Å²) in [6.45, 7) is 11.8. The van der Waals surface area contributed by atoms with E-state index in [1.165, 1.54) is 6.92 Å². The third kappa shape index (κ3) is 4.77. The minimum Gasteiger partial charge on any atom is -0.480 e. The van der Waals surface area contributed by atoms with Gasteiger partial charge in [-0.1, -0.05) is 25.5 Å². The highest BCUT2D eigenvalue weighted by atomic mass is 16.4. The number of amides is 2. The van der Waals surface area contributed by atoms with E-state index >= 15 is 0 Å². The summed E-state index contributed by atoms with van der Waals surface area (Å²) in [6, 6.07) is -0.362. The average Bonchev–Trinajstić information content (AvgIpc) is 2.25. The molecule has 1 unspecified atom stereocenters. The molecule has 0 aromatic heterocycles. The Hall–Kier alpha value is -1.52. The van der Waals surface area contributed by atoms with Crippen LogP contribution in [0.15, 0.2) is 12.2 Å². The van der Waals surface area contributed by atoms with Crippen molar-refractivity contribution in [2.75, 3.05) is 13.1 Å². The zero-order chi connectivity index (χ0) is 14.3. The van der Waals surface area contributed by atoms with Crippen LogP contribution in [0.25, 0.3) is 0 Å². The number of nitrogens with one attached hydrogen (secondary N) is 1. The fourth-order valence-corrected chi connectivity index (χ4v) is 1.69. The van der Waals surface area contributed by atoms with Gasteiger partial charge in [-0.25, -0.2) is 9.59 Å². The molecule has 0 aliphatic heterocycles. The smallest absolute Gasteiger partial charge is 0.329 e. The molecule has 0 bridgehead atoms. The molecule has 0 heterocycles. The summed E-state index contributed by atoms with van der Waals surface area (Å²) >= 11 is 0. The van der Waals surface area contributed by atoms with E-state index in [2.05, 4.69) is 11.9 Å². The van der Waals surface area contributed by atoms with Crippen molar-refractivity contribution in [2.45, 2.75) is 46.1 Å². The molecule has 2 N–H and O–H groups in total. The van der Waals surface area contributed by atoms with Crippen molar-refractivity contribution in [3.8, 4) is 0 Å². The van der Waals surface area contributed by atoms with Gasteiger partial charge in [-0.2, -0.15) is 0 Å². The molecule has 0 spiro atoms. The van der Waals surface area contributed by atoms with Crippen LogP contribution in [0.4, 0.5) is 4.79 Å². The van der Waals surface area contributed by atoms with Crippen molar-refractivity contribution in [3.05, 3.63) is 12.2 Å². The van der Waals surface area contributed by atoms with Gasteiger partial charge in [0.05, 0.1) is 0 Å². The van der Waals surface area contributed by atoms with Gasteiger partial charge < -0.3 is 15.3 Å². The molecule has 2 amide bonds. The van der Waals surface area contributed by atoms with Gasteiger partial charge in [0, 0.05) is 13.1 Å². The lowest BCUT2D eigenvalue weighted by Crippen LogP contribution is -2.56. The molecule has 0 saturated heterocycles. The van der Waals surface area contributed by atoms with E-state index in [1.54, 1.807) is 4.90 Å². The fraction of sp³-hybridized carbons (Fsp3) is 0.692. The molecule has 5 heteroatoms. The summed E-state index contributed by atoms with van der Waals surface area (Å²) in [6.07, 6.45) is 1.09. The number of carbonyl (C=O) groups is 2. The Morgan fingerprint density at radius 1 is 1.39 bits per heavy atom. The number of aliphatic carboxylic acids is 1. The van der Waals surface area contributed by atoms with Crippen molar-refractivity contribution in [3.63, 3.8) is 0 Å². The van der Waals surface area contributed by atoms with Crippen LogP contribution in [-0.2, 0) is 4.79 Å². The van der Waals surface area contributed by atoms with Crippen LogP contribution < -0.4 is 5.32 Å². The maximum absolute atomic E-state index is 12.0. The zero-order valence-corrected chi connectivity index (χ0v) is 11.7. The first-order valence-corrected chi connectivity index (χ1v) is 6.21. The number of urea groups is 1. The number of carbonyl (C=O) groups excluding carboxylic acids is 1. The molecule has 5 nitrogen and oxygen atoms in total. The lowest BCUT2D eigenvalue weighted by Gasteiger charge is -2.30. The maximum atomic E-state index is 12.0. The highest BCUT2D eigenvalue weighted by molar-refractivity contribution is 5.85. The highest BCUT2D eigenvalue weighted by Crippen LogP contribution is 2.13. The molecule has 104 valence electrons. The molecule has 1 atom stereocenters. The van der Waals surface area contributed by atoms with Crippen molar-refractivity contribution in [1.82, 2.24) is 10.2 Å². The molecule has 0 aliphatic rings. The van der Waals surface area contributed by atoms with Gasteiger partial charge in [0.2, 0.25) is 0 Å². The fourth-order valence-electron chi connectivity index (χ4n) is 1.69. The minimum absolute atomic E-state index is 0.362. The summed E-state index contributed by atoms with van der Waals surface area (Å²) in [5, 5.41) is 11.8. The van der Waals surface area contributed by atoms with Gasteiger partial charge in [-0.05, 0) is 27.2 Å². The molecule has 0 fully saturated rings. The van der Waals surface area contributed by atoms with Crippen LogP contribution in [0, 0.1) is 0 Å². The monoisotopic (exact) mass is 256 g/mol. The van der Waals surface area contributed by atoms with E-state index in [9.17, 15) is 14.7 Å². The summed E-state index contributed by atoms with van der Waals surface area (Å²) in [5.74, 6) is -1.01. The highest BCUT2D eigenvalue weighted by Gasteiger charge is 2.34. The van der Waals surface area contributed by atoms with E-state index in [4.69, 9.17) is 0 Å². The van der Waals surface area contributed by atoms with Crippen LogP contribution in [0.2, 0.25) is 0 Å². The molecule has 0 aromatic carbocycles. The summed E-state index contributed by atoms with van der Waals surface area (Å²) < 4.78 is 0. The Kier molecular flexibility index (Phi) is 6.44. The molecule has 0 rings (SSSR count). The zero-order valence-electron chi connectivity index (χ0n) is 11.7. The van der Waals surface area contributed by atoms with Gasteiger partial charge >= 0.3 is 12.0 Å². The van der Waals surface area contributed by atoms with Crippen LogP contribution >= 0.6 is 0 Å². The number of rotatable bonds is 7. The Morgan fingerprint density at radius 3 is 2.28 bits per heavy atom. The van der Waals surface area contributed by atoms with Crippen LogP contribution in [0.1, 0.15) is 40.5 Å². The topological polar surface area (TPSA) is 69.6 Å². The van der Waals surface area contributed by atoms with Crippen molar-refractivity contribution in [2.24, 2.45) is 0 Å². The van der Waals surface area contributed by atoms with E-state index in [1.807, 2.05) is 20.8 Å². The number of carboxylic acid groups (broad SMARTS) is 1. The Labute approximate surface area is 109 Å². The van der Waals surface area contributed by atoms with Crippen molar-refractivity contribution < 1.29 is 14.7 Å². The summed E-state index contributed by atoms with van der Waals surface area (Å²) in [4.78, 5) is 24.8. The van der Waals surface area contributed by atoms with E-state index in [-0.39, 0.29) is 6.03 Å². The van der Waals surface area contributed by atoms with E-state index < -0.39 is 11.5 Å². The van der Waals surface area contributed by atoms with Gasteiger partial charge in [-0.15, -0.1) is 0 Å². The molecule has 0 aliphatic carbocycles. The third-order valence-electron chi connectivity index (χ3n) is 2.73. The molecular formula is C13H24N2O3. The standard InChI is InChI=1S/C13H24N2O3/c1-6-8-13(5,11(16)17)14-12(18)15(7-2)9-10(3)4/h3,6-9H2,1-2,4-5H3,(H,14,18)(H,16,17). The van der Waals surface area contributed by atoms with Gasteiger partial charge in [-0.3, -0.25) is 0 Å². The molecule has 0 radical (unpaired) electrons. The van der Waals surface area contributed by atoms with E-state index in [0.717, 1.165) is 5.57 Å². The average molecular weight is 256 g/mol. The first-order chi connectivity index (χ1) is 8.26. The van der Waals surface area contributed by atoms with Gasteiger partial charge in [0.15, 0.2) is 0 Å². The van der Waals surface area contributed by atoms with Crippen molar-refractivity contribution >= 4 is 12.0 Å². The SMILES string of the molecule is C=C(C)CN(CC)C(=O)NC(C)(CCC)C(=O)O. The number of likely N-dealkylation sites (N-methyl/N-ethyl adjacent to an activating group) is 1. The predicted octanol–water partition coefficient (Wildman–Crippen LogP) is 2.24. The Balaban J connectivity index is 4.77. The quantitative estimate of drug-likeness (QED) is 0.686. The maximum Gasteiger partial charge on any atom is 0.329 e. The Bertz CT molecular complexity index is 328. The molecule has 0 saturated carbocycles. The molecule has 18 heavy (non-hydrogen) atoms. The second-order valence-corrected chi connectivity index (χ2v) is 4.79. The first-order valence-electron chi connectivity index (χ1n) is 6.21. The summed E-state index contributed by atoms with van der Waals surface area (Å²) in [5.41, 5.74) is -0.353. The summed E-state index contributed by atoms with van der Waals surface area (Å²) in [7, 11) is 0. The predicted molar refractivity (Wildman–Crippen MR) is 71.5 cm³/mol. The number of carboxylic acids is 1. The number of nitrogens with zero attached hydrogens (tertiary/aromatic N) is 1. The first kappa shape index (κ1) is 16.5. The lowest BCUT2D eigenvalue weighted by molar-refractivity contribution is -0.144. The number of hydrogen-bond acceptors (Lipinski definition) is 2. The Morgan fingerprint density at radius 2 is 1.94 bits per heavy atom. The molecular weight excluding hydrogens is 232 g/mol. The number of hydrogen-bond donors (Lipinski definition) is 2. The van der Waals surface area contributed by atoms with Gasteiger partial charge in [0.1, 0.15) is 5.54 Å². The van der Waals surface area contributed by atoms with Crippen LogP contribution in [0.5, 0.6) is 0 Å². The minimum atomic E-state index is -1.21. The van der Waals surface area contributed by atoms with E-state index in [0.29, 0.717) is 25.9 Å². The second kappa shape index (κ2) is 7.03. The van der Waals surface area contributed by atoms with Gasteiger partial charge in [0.25, 0.3) is 0 Å². The van der Waals surface area contributed by atoms with Crippen molar-refractivity contribution in [1.29, 1.82) is 0 Å². The molecule has 0 aromatic rings. The van der Waals surface area contributed by atoms with Crippen LogP contribution in [0.3, 0.4) is 0 Å².